The SMILES string of the molecule is CNCc1c(C)nc2c(OC)cc(OC)cc2c1N(C)C. The van der Waals surface area contributed by atoms with Crippen LogP contribution in [0.4, 0.5) is 5.69 Å². The molecule has 0 fully saturated rings. The summed E-state index contributed by atoms with van der Waals surface area (Å²) < 4.78 is 10.9. The van der Waals surface area contributed by atoms with E-state index < -0.39 is 0 Å². The van der Waals surface area contributed by atoms with Crippen molar-refractivity contribution in [1.29, 1.82) is 0 Å². The van der Waals surface area contributed by atoms with E-state index in [2.05, 4.69) is 10.2 Å². The molecule has 2 aromatic rings. The number of ether oxygens (including phenoxy) is 2. The molecule has 0 radical (unpaired) electrons. The Kier molecular flexibility index (Phi) is 4.53. The first-order valence-corrected chi connectivity index (χ1v) is 6.90. The van der Waals surface area contributed by atoms with E-state index in [1.807, 2.05) is 40.2 Å². The van der Waals surface area contributed by atoms with Gasteiger partial charge in [-0.2, -0.15) is 0 Å². The summed E-state index contributed by atoms with van der Waals surface area (Å²) in [5.74, 6) is 1.50. The van der Waals surface area contributed by atoms with Crippen LogP contribution < -0.4 is 19.7 Å². The summed E-state index contributed by atoms with van der Waals surface area (Å²) >= 11 is 0. The highest BCUT2D eigenvalue weighted by Gasteiger charge is 2.17. The minimum Gasteiger partial charge on any atom is -0.497 e. The molecule has 21 heavy (non-hydrogen) atoms. The Balaban J connectivity index is 2.89. The average molecular weight is 289 g/mol. The Bertz CT molecular complexity index is 654. The molecular formula is C16H23N3O2. The third kappa shape index (κ3) is 2.74. The van der Waals surface area contributed by atoms with Crippen LogP contribution >= 0.6 is 0 Å². The van der Waals surface area contributed by atoms with Crippen molar-refractivity contribution in [3.05, 3.63) is 23.4 Å². The Morgan fingerprint density at radius 3 is 2.43 bits per heavy atom. The van der Waals surface area contributed by atoms with Crippen molar-refractivity contribution in [2.75, 3.05) is 40.3 Å². The van der Waals surface area contributed by atoms with Crippen molar-refractivity contribution >= 4 is 16.6 Å². The Morgan fingerprint density at radius 1 is 1.19 bits per heavy atom. The second-order valence-electron chi connectivity index (χ2n) is 5.17. The molecule has 5 heteroatoms. The maximum Gasteiger partial charge on any atom is 0.148 e. The van der Waals surface area contributed by atoms with E-state index in [9.17, 15) is 0 Å². The van der Waals surface area contributed by atoms with Crippen LogP contribution in [0.2, 0.25) is 0 Å². The number of fused-ring (bicyclic) bond motifs is 1. The van der Waals surface area contributed by atoms with E-state index in [1.165, 1.54) is 5.56 Å². The molecule has 0 aliphatic rings. The molecule has 114 valence electrons. The van der Waals surface area contributed by atoms with Crippen LogP contribution in [0, 0.1) is 6.92 Å². The third-order valence-corrected chi connectivity index (χ3v) is 3.56. The van der Waals surface area contributed by atoms with Crippen LogP contribution in [-0.2, 0) is 6.54 Å². The molecule has 5 nitrogen and oxygen atoms in total. The lowest BCUT2D eigenvalue weighted by molar-refractivity contribution is 0.397. The molecule has 1 heterocycles. The summed E-state index contributed by atoms with van der Waals surface area (Å²) in [6.45, 7) is 2.80. The highest BCUT2D eigenvalue weighted by molar-refractivity contribution is 5.98. The van der Waals surface area contributed by atoms with Crippen molar-refractivity contribution in [3.63, 3.8) is 0 Å². The molecule has 0 aliphatic heterocycles. The van der Waals surface area contributed by atoms with Crippen molar-refractivity contribution < 1.29 is 9.47 Å². The van der Waals surface area contributed by atoms with Gasteiger partial charge in [-0.05, 0) is 20.0 Å². The van der Waals surface area contributed by atoms with Gasteiger partial charge < -0.3 is 19.7 Å². The second kappa shape index (κ2) is 6.18. The van der Waals surface area contributed by atoms with Gasteiger partial charge in [-0.25, -0.2) is 4.98 Å². The van der Waals surface area contributed by atoms with E-state index in [0.29, 0.717) is 0 Å². The van der Waals surface area contributed by atoms with Crippen LogP contribution in [0.3, 0.4) is 0 Å². The Morgan fingerprint density at radius 2 is 1.90 bits per heavy atom. The van der Waals surface area contributed by atoms with Gasteiger partial charge in [0.15, 0.2) is 0 Å². The number of hydrogen-bond donors (Lipinski definition) is 1. The largest absolute Gasteiger partial charge is 0.497 e. The van der Waals surface area contributed by atoms with Crippen molar-refractivity contribution in [1.82, 2.24) is 10.3 Å². The number of pyridine rings is 1. The summed E-state index contributed by atoms with van der Waals surface area (Å²) in [7, 11) is 9.34. The van der Waals surface area contributed by atoms with E-state index in [1.54, 1.807) is 14.2 Å². The predicted octanol–water partition coefficient (Wildman–Crippen LogP) is 2.35. The zero-order valence-electron chi connectivity index (χ0n) is 13.6. The van der Waals surface area contributed by atoms with Gasteiger partial charge in [-0.15, -0.1) is 0 Å². The molecular weight excluding hydrogens is 266 g/mol. The van der Waals surface area contributed by atoms with E-state index >= 15 is 0 Å². The van der Waals surface area contributed by atoms with Crippen LogP contribution in [0.15, 0.2) is 12.1 Å². The first kappa shape index (κ1) is 15.4. The Labute approximate surface area is 125 Å². The highest BCUT2D eigenvalue weighted by Crippen LogP contribution is 2.38. The number of aryl methyl sites for hydroxylation is 1. The molecule has 0 aliphatic carbocycles. The minimum atomic E-state index is 0.728. The van der Waals surface area contributed by atoms with E-state index in [0.717, 1.165) is 40.3 Å². The number of nitrogens with one attached hydrogen (secondary N) is 1. The quantitative estimate of drug-likeness (QED) is 0.915. The molecule has 0 saturated carbocycles. The molecule has 1 aromatic heterocycles. The predicted molar refractivity (Wildman–Crippen MR) is 86.7 cm³/mol. The maximum absolute atomic E-state index is 5.48. The zero-order valence-corrected chi connectivity index (χ0v) is 13.6. The maximum atomic E-state index is 5.48. The molecule has 0 bridgehead atoms. The monoisotopic (exact) mass is 289 g/mol. The first-order chi connectivity index (χ1) is 10.0. The summed E-state index contributed by atoms with van der Waals surface area (Å²) in [6.07, 6.45) is 0. The van der Waals surface area contributed by atoms with E-state index in [4.69, 9.17) is 14.5 Å². The first-order valence-electron chi connectivity index (χ1n) is 6.90. The molecule has 0 saturated heterocycles. The van der Waals surface area contributed by atoms with Crippen molar-refractivity contribution in [3.8, 4) is 11.5 Å². The average Bonchev–Trinajstić information content (AvgIpc) is 2.46. The van der Waals surface area contributed by atoms with Gasteiger partial charge in [0.1, 0.15) is 17.0 Å². The number of anilines is 1. The normalized spacial score (nSPS) is 10.8. The van der Waals surface area contributed by atoms with Crippen LogP contribution in [0.1, 0.15) is 11.3 Å². The summed E-state index contributed by atoms with van der Waals surface area (Å²) in [4.78, 5) is 6.85. The molecule has 2 rings (SSSR count). The number of aromatic nitrogens is 1. The second-order valence-corrected chi connectivity index (χ2v) is 5.17. The molecule has 0 unspecified atom stereocenters. The van der Waals surface area contributed by atoms with Crippen molar-refractivity contribution in [2.24, 2.45) is 0 Å². The smallest absolute Gasteiger partial charge is 0.148 e. The lowest BCUT2D eigenvalue weighted by Gasteiger charge is -2.22. The molecule has 0 atom stereocenters. The molecule has 0 amide bonds. The van der Waals surface area contributed by atoms with E-state index in [-0.39, 0.29) is 0 Å². The van der Waals surface area contributed by atoms with Gasteiger partial charge in [0.25, 0.3) is 0 Å². The molecule has 1 N–H and O–H groups in total. The summed E-state index contributed by atoms with van der Waals surface area (Å²) in [6, 6.07) is 3.88. The van der Waals surface area contributed by atoms with Gasteiger partial charge >= 0.3 is 0 Å². The van der Waals surface area contributed by atoms with Gasteiger partial charge in [-0.3, -0.25) is 0 Å². The third-order valence-electron chi connectivity index (χ3n) is 3.56. The zero-order chi connectivity index (χ0) is 15.6. The van der Waals surface area contributed by atoms with Gasteiger partial charge in [0.05, 0.1) is 19.9 Å². The lowest BCUT2D eigenvalue weighted by atomic mass is 10.0. The minimum absolute atomic E-state index is 0.728. The topological polar surface area (TPSA) is 46.6 Å². The van der Waals surface area contributed by atoms with Crippen LogP contribution in [0.5, 0.6) is 11.5 Å². The number of benzene rings is 1. The van der Waals surface area contributed by atoms with Crippen molar-refractivity contribution in [2.45, 2.75) is 13.5 Å². The van der Waals surface area contributed by atoms with Gasteiger partial charge in [-0.1, -0.05) is 0 Å². The number of rotatable bonds is 5. The number of methoxy groups -OCH3 is 2. The number of nitrogens with zero attached hydrogens (tertiary/aromatic N) is 2. The summed E-state index contributed by atoms with van der Waals surface area (Å²) in [5.41, 5.74) is 4.19. The molecule has 1 aromatic carbocycles. The molecule has 0 spiro atoms. The Hall–Kier alpha value is -2.01. The van der Waals surface area contributed by atoms with Crippen LogP contribution in [-0.4, -0.2) is 40.3 Å². The fourth-order valence-corrected chi connectivity index (χ4v) is 2.62. The number of hydrogen-bond acceptors (Lipinski definition) is 5. The summed E-state index contributed by atoms with van der Waals surface area (Å²) in [5, 5.41) is 4.25. The van der Waals surface area contributed by atoms with Gasteiger partial charge in [0, 0.05) is 43.4 Å². The van der Waals surface area contributed by atoms with Crippen LogP contribution in [0.25, 0.3) is 10.9 Å². The van der Waals surface area contributed by atoms with Gasteiger partial charge in [0.2, 0.25) is 0 Å². The highest BCUT2D eigenvalue weighted by atomic mass is 16.5. The standard InChI is InChI=1S/C16H23N3O2/c1-10-13(9-17-2)16(19(3)4)12-7-11(20-5)8-14(21-6)15(12)18-10/h7-8,17H,9H2,1-6H3. The lowest BCUT2D eigenvalue weighted by Crippen LogP contribution is -2.17. The fourth-order valence-electron chi connectivity index (χ4n) is 2.62. The fraction of sp³-hybridized carbons (Fsp3) is 0.438.